The Labute approximate surface area is 79.9 Å². The van der Waals surface area contributed by atoms with Gasteiger partial charge >= 0.3 is 0 Å². The number of benzene rings is 1. The van der Waals surface area contributed by atoms with E-state index in [2.05, 4.69) is 4.98 Å². The Morgan fingerprint density at radius 3 is 3.15 bits per heavy atom. The van der Waals surface area contributed by atoms with Crippen LogP contribution < -0.4 is 0 Å². The van der Waals surface area contributed by atoms with Gasteiger partial charge in [-0.2, -0.15) is 0 Å². The van der Waals surface area contributed by atoms with Gasteiger partial charge in [-0.25, -0.2) is 4.98 Å². The minimum Gasteiger partial charge on any atom is -0.322 e. The van der Waals surface area contributed by atoms with E-state index >= 15 is 0 Å². The van der Waals surface area contributed by atoms with Gasteiger partial charge in [0.15, 0.2) is 0 Å². The van der Waals surface area contributed by atoms with Crippen molar-refractivity contribution in [3.8, 4) is 0 Å². The summed E-state index contributed by atoms with van der Waals surface area (Å²) in [6, 6.07) is 5.48. The van der Waals surface area contributed by atoms with E-state index in [0.29, 0.717) is 11.6 Å². The normalized spacial score (nSPS) is 10.5. The molecule has 0 bridgehead atoms. The molecule has 1 aromatic carbocycles. The van der Waals surface area contributed by atoms with E-state index in [9.17, 15) is 4.79 Å². The van der Waals surface area contributed by atoms with E-state index in [0.717, 1.165) is 17.3 Å². The minimum absolute atomic E-state index is 0.292. The van der Waals surface area contributed by atoms with E-state index in [1.54, 1.807) is 17.0 Å². The molecule has 0 unspecified atom stereocenters. The first-order valence-corrected chi connectivity index (χ1v) is 4.23. The SMILES string of the molecule is O=CCn1cnc2cccc(Cl)c21. The van der Waals surface area contributed by atoms with Crippen molar-refractivity contribution >= 4 is 28.9 Å². The van der Waals surface area contributed by atoms with Crippen LogP contribution in [0.5, 0.6) is 0 Å². The molecule has 0 aliphatic heterocycles. The highest BCUT2D eigenvalue weighted by Crippen LogP contribution is 2.21. The first-order chi connectivity index (χ1) is 6.33. The number of rotatable bonds is 2. The van der Waals surface area contributed by atoms with E-state index in [1.807, 2.05) is 12.1 Å². The molecule has 0 saturated heterocycles. The van der Waals surface area contributed by atoms with Crippen LogP contribution in [0.15, 0.2) is 24.5 Å². The Kier molecular flexibility index (Phi) is 2.02. The van der Waals surface area contributed by atoms with Gasteiger partial charge in [0.1, 0.15) is 6.29 Å². The number of imidazole rings is 1. The van der Waals surface area contributed by atoms with Crippen molar-refractivity contribution in [1.82, 2.24) is 9.55 Å². The minimum atomic E-state index is 0.292. The van der Waals surface area contributed by atoms with E-state index < -0.39 is 0 Å². The average Bonchev–Trinajstić information content (AvgIpc) is 2.51. The molecule has 0 saturated carbocycles. The zero-order chi connectivity index (χ0) is 9.26. The summed E-state index contributed by atoms with van der Waals surface area (Å²) in [7, 11) is 0. The lowest BCUT2D eigenvalue weighted by Crippen LogP contribution is -1.96. The Balaban J connectivity index is 2.70. The van der Waals surface area contributed by atoms with Crippen LogP contribution in [-0.4, -0.2) is 15.8 Å². The Bertz CT molecular complexity index is 450. The maximum atomic E-state index is 10.3. The molecule has 0 amide bonds. The summed E-state index contributed by atoms with van der Waals surface area (Å²) in [5.74, 6) is 0. The van der Waals surface area contributed by atoms with Crippen molar-refractivity contribution in [2.75, 3.05) is 0 Å². The molecule has 66 valence electrons. The summed E-state index contributed by atoms with van der Waals surface area (Å²) < 4.78 is 1.73. The first kappa shape index (κ1) is 8.26. The zero-order valence-electron chi connectivity index (χ0n) is 6.77. The fourth-order valence-electron chi connectivity index (χ4n) is 1.30. The number of carbonyl (C=O) groups is 1. The third-order valence-electron chi connectivity index (χ3n) is 1.86. The highest BCUT2D eigenvalue weighted by molar-refractivity contribution is 6.34. The molecule has 0 spiro atoms. The molecule has 0 N–H and O–H groups in total. The van der Waals surface area contributed by atoms with E-state index in [1.165, 1.54) is 0 Å². The van der Waals surface area contributed by atoms with Crippen LogP contribution in [0.3, 0.4) is 0 Å². The number of aldehydes is 1. The number of aromatic nitrogens is 2. The van der Waals surface area contributed by atoms with Crippen LogP contribution >= 0.6 is 11.6 Å². The quantitative estimate of drug-likeness (QED) is 0.685. The van der Waals surface area contributed by atoms with Crippen LogP contribution in [0.1, 0.15) is 0 Å². The first-order valence-electron chi connectivity index (χ1n) is 3.86. The topological polar surface area (TPSA) is 34.9 Å². The van der Waals surface area contributed by atoms with Gasteiger partial charge in [0.25, 0.3) is 0 Å². The molecule has 0 aliphatic carbocycles. The van der Waals surface area contributed by atoms with Crippen LogP contribution in [0.25, 0.3) is 11.0 Å². The second-order valence-corrected chi connectivity index (χ2v) is 3.08. The molecular weight excluding hydrogens is 188 g/mol. The Morgan fingerprint density at radius 2 is 2.38 bits per heavy atom. The highest BCUT2D eigenvalue weighted by atomic mass is 35.5. The molecule has 2 aromatic rings. The molecule has 4 heteroatoms. The van der Waals surface area contributed by atoms with Crippen LogP contribution in [0.4, 0.5) is 0 Å². The third kappa shape index (κ3) is 1.31. The molecular formula is C9H7ClN2O. The molecule has 0 radical (unpaired) electrons. The maximum absolute atomic E-state index is 10.3. The van der Waals surface area contributed by atoms with E-state index in [4.69, 9.17) is 11.6 Å². The van der Waals surface area contributed by atoms with Crippen LogP contribution in [0, 0.1) is 0 Å². The summed E-state index contributed by atoms with van der Waals surface area (Å²) in [5, 5.41) is 0.622. The second-order valence-electron chi connectivity index (χ2n) is 2.67. The molecule has 0 aliphatic rings. The van der Waals surface area contributed by atoms with Crippen molar-refractivity contribution in [1.29, 1.82) is 0 Å². The molecule has 2 rings (SSSR count). The predicted molar refractivity (Wildman–Crippen MR) is 50.8 cm³/mol. The lowest BCUT2D eigenvalue weighted by atomic mass is 10.3. The van der Waals surface area contributed by atoms with E-state index in [-0.39, 0.29) is 0 Å². The van der Waals surface area contributed by atoms with Crippen molar-refractivity contribution in [2.24, 2.45) is 0 Å². The fraction of sp³-hybridized carbons (Fsp3) is 0.111. The summed E-state index contributed by atoms with van der Waals surface area (Å²) in [4.78, 5) is 14.5. The number of hydrogen-bond donors (Lipinski definition) is 0. The average molecular weight is 195 g/mol. The van der Waals surface area contributed by atoms with Gasteiger partial charge in [0.05, 0.1) is 28.9 Å². The molecule has 0 atom stereocenters. The van der Waals surface area contributed by atoms with Gasteiger partial charge in [-0.1, -0.05) is 17.7 Å². The number of halogens is 1. The molecule has 3 nitrogen and oxygen atoms in total. The lowest BCUT2D eigenvalue weighted by Gasteiger charge is -1.98. The van der Waals surface area contributed by atoms with Gasteiger partial charge in [-0.05, 0) is 12.1 Å². The Hall–Kier alpha value is -1.35. The Morgan fingerprint density at radius 1 is 1.54 bits per heavy atom. The third-order valence-corrected chi connectivity index (χ3v) is 2.17. The lowest BCUT2D eigenvalue weighted by molar-refractivity contribution is -0.108. The summed E-state index contributed by atoms with van der Waals surface area (Å²) >= 11 is 5.96. The van der Waals surface area contributed by atoms with Crippen molar-refractivity contribution in [3.05, 3.63) is 29.5 Å². The standard InChI is InChI=1S/C9H7ClN2O/c10-7-2-1-3-8-9(7)12(4-5-13)6-11-8/h1-3,5-6H,4H2. The van der Waals surface area contributed by atoms with Gasteiger partial charge in [0, 0.05) is 0 Å². The van der Waals surface area contributed by atoms with Crippen LogP contribution in [-0.2, 0) is 11.3 Å². The fourth-order valence-corrected chi connectivity index (χ4v) is 1.58. The smallest absolute Gasteiger partial charge is 0.139 e. The monoisotopic (exact) mass is 194 g/mol. The predicted octanol–water partition coefficient (Wildman–Crippen LogP) is 1.89. The van der Waals surface area contributed by atoms with Crippen molar-refractivity contribution in [3.63, 3.8) is 0 Å². The number of nitrogens with zero attached hydrogens (tertiary/aromatic N) is 2. The number of para-hydroxylation sites is 1. The summed E-state index contributed by atoms with van der Waals surface area (Å²) in [6.07, 6.45) is 2.44. The molecule has 1 heterocycles. The largest absolute Gasteiger partial charge is 0.322 e. The van der Waals surface area contributed by atoms with Gasteiger partial charge in [-0.3, -0.25) is 0 Å². The number of fused-ring (bicyclic) bond motifs is 1. The number of hydrogen-bond acceptors (Lipinski definition) is 2. The van der Waals surface area contributed by atoms with Crippen molar-refractivity contribution < 1.29 is 4.79 Å². The number of carbonyl (C=O) groups excluding carboxylic acids is 1. The second kappa shape index (κ2) is 3.18. The summed E-state index contributed by atoms with van der Waals surface area (Å²) in [6.45, 7) is 0.292. The van der Waals surface area contributed by atoms with Crippen LogP contribution in [0.2, 0.25) is 5.02 Å². The van der Waals surface area contributed by atoms with Crippen molar-refractivity contribution in [2.45, 2.75) is 6.54 Å². The van der Waals surface area contributed by atoms with Gasteiger partial charge in [-0.15, -0.1) is 0 Å². The molecule has 13 heavy (non-hydrogen) atoms. The molecule has 0 fully saturated rings. The van der Waals surface area contributed by atoms with Gasteiger partial charge < -0.3 is 9.36 Å². The van der Waals surface area contributed by atoms with Gasteiger partial charge in [0.2, 0.25) is 0 Å². The highest BCUT2D eigenvalue weighted by Gasteiger charge is 2.04. The summed E-state index contributed by atoms with van der Waals surface area (Å²) in [5.41, 5.74) is 1.63. The zero-order valence-corrected chi connectivity index (χ0v) is 7.53. The maximum Gasteiger partial charge on any atom is 0.139 e. The molecule has 1 aromatic heterocycles.